The highest BCUT2D eigenvalue weighted by atomic mass is 127. The molecule has 8 nitrogen and oxygen atoms in total. The molecular formula is C26H35IN2O6. The van der Waals surface area contributed by atoms with Crippen LogP contribution in [0.15, 0.2) is 42.5 Å². The highest BCUT2D eigenvalue weighted by Gasteiger charge is 2.37. The Morgan fingerprint density at radius 3 is 2.31 bits per heavy atom. The number of non-ortho nitro benzene ring substituents is 1. The van der Waals surface area contributed by atoms with Gasteiger partial charge in [-0.2, -0.15) is 0 Å². The van der Waals surface area contributed by atoms with Crippen LogP contribution in [0.25, 0.3) is 0 Å². The summed E-state index contributed by atoms with van der Waals surface area (Å²) in [5.74, 6) is 0.496. The number of halogens is 1. The second-order valence-electron chi connectivity index (χ2n) is 9.63. The van der Waals surface area contributed by atoms with Gasteiger partial charge < -0.3 is 14.6 Å². The minimum atomic E-state index is -0.848. The number of alkyl halides is 1. The van der Waals surface area contributed by atoms with Crippen molar-refractivity contribution >= 4 is 34.2 Å². The summed E-state index contributed by atoms with van der Waals surface area (Å²) in [4.78, 5) is 24.8. The van der Waals surface area contributed by atoms with Crippen molar-refractivity contribution in [2.75, 3.05) is 20.8 Å². The number of nitrogens with zero attached hydrogens (tertiary/aromatic N) is 2. The van der Waals surface area contributed by atoms with Crippen LogP contribution >= 0.6 is 22.6 Å². The molecule has 0 saturated carbocycles. The molecular weight excluding hydrogens is 563 g/mol. The molecule has 0 amide bonds. The molecule has 2 unspecified atom stereocenters. The summed E-state index contributed by atoms with van der Waals surface area (Å²) in [6, 6.07) is 11.6. The number of ether oxygens (including phenoxy) is 2. The fraction of sp³-hybridized carbons (Fsp3) is 0.500. The van der Waals surface area contributed by atoms with Gasteiger partial charge in [-0.05, 0) is 36.3 Å². The van der Waals surface area contributed by atoms with Crippen LogP contribution in [0.2, 0.25) is 0 Å². The van der Waals surface area contributed by atoms with E-state index >= 15 is 0 Å². The number of aryl methyl sites for hydroxylation is 1. The van der Waals surface area contributed by atoms with E-state index in [0.717, 1.165) is 30.4 Å². The van der Waals surface area contributed by atoms with E-state index < -0.39 is 22.3 Å². The summed E-state index contributed by atoms with van der Waals surface area (Å²) in [6.45, 7) is 6.87. The average Bonchev–Trinajstić information content (AvgIpc) is 2.78. The molecule has 0 spiro atoms. The monoisotopic (exact) mass is 598 g/mol. The van der Waals surface area contributed by atoms with Gasteiger partial charge in [-0.1, -0.05) is 61.6 Å². The van der Waals surface area contributed by atoms with Crippen LogP contribution in [-0.2, 0) is 17.8 Å². The maximum Gasteiger partial charge on any atom is 0.321 e. The van der Waals surface area contributed by atoms with Crippen molar-refractivity contribution in [1.82, 2.24) is 4.90 Å². The summed E-state index contributed by atoms with van der Waals surface area (Å²) in [7, 11) is 3.19. The second-order valence-corrected chi connectivity index (χ2v) is 11.4. The molecule has 9 heteroatoms. The SMILES string of the molecule is COc1ccc(CN(CC(I)CCCc2ccc([N+](=O)[O-])cc2)C(C(=O)O)C(C)(C)C)c(OC)c1. The van der Waals surface area contributed by atoms with E-state index in [4.69, 9.17) is 9.47 Å². The van der Waals surface area contributed by atoms with Gasteiger partial charge in [-0.15, -0.1) is 0 Å². The van der Waals surface area contributed by atoms with Gasteiger partial charge in [-0.25, -0.2) is 0 Å². The molecule has 0 radical (unpaired) electrons. The first-order chi connectivity index (χ1) is 16.5. The van der Waals surface area contributed by atoms with Crippen LogP contribution in [0.1, 0.15) is 44.7 Å². The molecule has 35 heavy (non-hydrogen) atoms. The van der Waals surface area contributed by atoms with Gasteiger partial charge in [0.15, 0.2) is 0 Å². The highest BCUT2D eigenvalue weighted by Crippen LogP contribution is 2.31. The Morgan fingerprint density at radius 1 is 1.14 bits per heavy atom. The average molecular weight is 598 g/mol. The minimum Gasteiger partial charge on any atom is -0.497 e. The topological polar surface area (TPSA) is 102 Å². The van der Waals surface area contributed by atoms with Crippen LogP contribution in [-0.4, -0.2) is 51.6 Å². The Morgan fingerprint density at radius 2 is 1.80 bits per heavy atom. The second kappa shape index (κ2) is 13.1. The number of carboxylic acid groups (broad SMARTS) is 1. The number of hydrogen-bond donors (Lipinski definition) is 1. The maximum absolute atomic E-state index is 12.3. The maximum atomic E-state index is 12.3. The van der Waals surface area contributed by atoms with Crippen molar-refractivity contribution in [2.24, 2.45) is 5.41 Å². The fourth-order valence-corrected chi connectivity index (χ4v) is 5.14. The van der Waals surface area contributed by atoms with Gasteiger partial charge in [0, 0.05) is 40.8 Å². The molecule has 0 aliphatic heterocycles. The van der Waals surface area contributed by atoms with Crippen molar-refractivity contribution in [2.45, 2.75) is 56.5 Å². The Hall–Kier alpha value is -2.40. The third-order valence-corrected chi connectivity index (χ3v) is 6.87. The van der Waals surface area contributed by atoms with E-state index in [1.54, 1.807) is 26.4 Å². The number of aliphatic carboxylic acids is 1. The number of carboxylic acids is 1. The van der Waals surface area contributed by atoms with Crippen LogP contribution < -0.4 is 9.47 Å². The predicted octanol–water partition coefficient (Wildman–Crippen LogP) is 5.74. The zero-order valence-corrected chi connectivity index (χ0v) is 23.2. The number of nitro groups is 1. The predicted molar refractivity (Wildman–Crippen MR) is 145 cm³/mol. The molecule has 2 aromatic carbocycles. The van der Waals surface area contributed by atoms with Crippen LogP contribution in [0.3, 0.4) is 0 Å². The molecule has 1 N–H and O–H groups in total. The molecule has 0 fully saturated rings. The first kappa shape index (κ1) is 28.8. The van der Waals surface area contributed by atoms with Crippen molar-refractivity contribution in [3.63, 3.8) is 0 Å². The first-order valence-corrected chi connectivity index (χ1v) is 12.8. The molecule has 0 heterocycles. The lowest BCUT2D eigenvalue weighted by Crippen LogP contribution is -2.50. The molecule has 0 aromatic heterocycles. The summed E-state index contributed by atoms with van der Waals surface area (Å²) in [5.41, 5.74) is 1.57. The third kappa shape index (κ3) is 8.64. The molecule has 2 aromatic rings. The van der Waals surface area contributed by atoms with Crippen LogP contribution in [0.4, 0.5) is 5.69 Å². The summed E-state index contributed by atoms with van der Waals surface area (Å²) in [5, 5.41) is 21.0. The summed E-state index contributed by atoms with van der Waals surface area (Å²) >= 11 is 2.40. The molecule has 0 bridgehead atoms. The number of hydrogen-bond acceptors (Lipinski definition) is 6. The standard InChI is InChI=1S/C26H35IN2O6/c1-26(2,3)24(25(30)31)28(16-19-11-14-22(34-4)15-23(19)35-5)17-20(27)8-6-7-18-9-12-21(13-10-18)29(32)33/h9-15,20,24H,6-8,16-17H2,1-5H3,(H,30,31). The van der Waals surface area contributed by atoms with E-state index in [-0.39, 0.29) is 9.61 Å². The highest BCUT2D eigenvalue weighted by molar-refractivity contribution is 14.1. The number of nitro benzene ring substituents is 1. The number of rotatable bonds is 13. The molecule has 0 saturated heterocycles. The number of methoxy groups -OCH3 is 2. The minimum absolute atomic E-state index is 0.0898. The van der Waals surface area contributed by atoms with Gasteiger partial charge in [0.25, 0.3) is 5.69 Å². The Kier molecular flexibility index (Phi) is 10.8. The van der Waals surface area contributed by atoms with Gasteiger partial charge in [0.2, 0.25) is 0 Å². The zero-order chi connectivity index (χ0) is 26.2. The van der Waals surface area contributed by atoms with Gasteiger partial charge in [0.05, 0.1) is 19.1 Å². The molecule has 192 valence electrons. The molecule has 2 rings (SSSR count). The largest absolute Gasteiger partial charge is 0.497 e. The van der Waals surface area contributed by atoms with E-state index in [1.807, 2.05) is 43.9 Å². The fourth-order valence-electron chi connectivity index (χ4n) is 4.19. The van der Waals surface area contributed by atoms with Crippen LogP contribution in [0, 0.1) is 15.5 Å². The van der Waals surface area contributed by atoms with Crippen LogP contribution in [0.5, 0.6) is 11.5 Å². The number of carbonyl (C=O) groups is 1. The lowest BCUT2D eigenvalue weighted by Gasteiger charge is -2.38. The zero-order valence-electron chi connectivity index (χ0n) is 21.0. The number of benzene rings is 2. The smallest absolute Gasteiger partial charge is 0.321 e. The lowest BCUT2D eigenvalue weighted by molar-refractivity contribution is -0.384. The van der Waals surface area contributed by atoms with E-state index in [1.165, 1.54) is 12.1 Å². The lowest BCUT2D eigenvalue weighted by atomic mass is 9.85. The normalized spacial score (nSPS) is 13.3. The third-order valence-electron chi connectivity index (χ3n) is 5.85. The van der Waals surface area contributed by atoms with Crippen molar-refractivity contribution in [3.8, 4) is 11.5 Å². The van der Waals surface area contributed by atoms with Crippen molar-refractivity contribution in [3.05, 3.63) is 63.7 Å². The van der Waals surface area contributed by atoms with Crippen molar-refractivity contribution < 1.29 is 24.3 Å². The van der Waals surface area contributed by atoms with E-state index in [2.05, 4.69) is 22.6 Å². The summed E-state index contributed by atoms with van der Waals surface area (Å²) in [6.07, 6.45) is 2.61. The Balaban J connectivity index is 2.14. The molecule has 2 atom stereocenters. The van der Waals surface area contributed by atoms with Crippen molar-refractivity contribution in [1.29, 1.82) is 0 Å². The molecule has 0 aliphatic rings. The van der Waals surface area contributed by atoms with Gasteiger partial charge in [-0.3, -0.25) is 19.8 Å². The summed E-state index contributed by atoms with van der Waals surface area (Å²) < 4.78 is 11.1. The van der Waals surface area contributed by atoms with Gasteiger partial charge in [0.1, 0.15) is 17.5 Å². The molecule has 0 aliphatic carbocycles. The van der Waals surface area contributed by atoms with Gasteiger partial charge >= 0.3 is 5.97 Å². The quantitative estimate of drug-likeness (QED) is 0.136. The Labute approximate surface area is 220 Å². The first-order valence-electron chi connectivity index (χ1n) is 11.5. The Bertz CT molecular complexity index is 990. The van der Waals surface area contributed by atoms with E-state index in [0.29, 0.717) is 24.6 Å². The van der Waals surface area contributed by atoms with E-state index in [9.17, 15) is 20.0 Å².